The van der Waals surface area contributed by atoms with Gasteiger partial charge in [-0.05, 0) is 6.92 Å². The minimum Gasteiger partial charge on any atom is -0.384 e. The Kier molecular flexibility index (Phi) is 4.61. The molecule has 0 aliphatic carbocycles. The molecule has 3 heterocycles. The molecule has 0 bridgehead atoms. The lowest BCUT2D eigenvalue weighted by molar-refractivity contribution is -0.138. The van der Waals surface area contributed by atoms with Crippen LogP contribution in [0.4, 0.5) is 0 Å². The van der Waals surface area contributed by atoms with Gasteiger partial charge in [-0.15, -0.1) is 0 Å². The number of aliphatic hydroxyl groups is 1. The summed E-state index contributed by atoms with van der Waals surface area (Å²) in [4.78, 5) is 23.9. The molecule has 3 atom stereocenters. The van der Waals surface area contributed by atoms with E-state index in [1.54, 1.807) is 6.07 Å². The van der Waals surface area contributed by atoms with Gasteiger partial charge in [0.25, 0.3) is 0 Å². The van der Waals surface area contributed by atoms with Gasteiger partial charge in [0, 0.05) is 19.0 Å². The minimum atomic E-state index is -1.72. The van der Waals surface area contributed by atoms with Crippen molar-refractivity contribution in [3.05, 3.63) is 11.4 Å². The minimum absolute atomic E-state index is 0.128. The van der Waals surface area contributed by atoms with Crippen LogP contribution in [-0.4, -0.2) is 48.9 Å². The first-order chi connectivity index (χ1) is 10.8. The molecule has 0 aromatic rings. The third-order valence-electron chi connectivity index (χ3n) is 4.45. The molecule has 0 saturated carbocycles. The third-order valence-corrected chi connectivity index (χ3v) is 4.45. The quantitative estimate of drug-likeness (QED) is 0.320. The van der Waals surface area contributed by atoms with Crippen LogP contribution in [0.3, 0.4) is 0 Å². The third kappa shape index (κ3) is 2.65. The number of ether oxygens (including phenoxy) is 1. The van der Waals surface area contributed by atoms with E-state index in [0.717, 1.165) is 26.3 Å². The van der Waals surface area contributed by atoms with Crippen molar-refractivity contribution < 1.29 is 19.4 Å². The largest absolute Gasteiger partial charge is 0.384 e. The molecule has 3 rings (SSSR count). The second-order valence-corrected chi connectivity index (χ2v) is 5.85. The summed E-state index contributed by atoms with van der Waals surface area (Å²) in [5.74, 6) is -2.30. The summed E-state index contributed by atoms with van der Waals surface area (Å²) in [6.45, 7) is 6.73. The summed E-state index contributed by atoms with van der Waals surface area (Å²) >= 11 is 0. The topological polar surface area (TPSA) is 150 Å². The van der Waals surface area contributed by atoms with Crippen LogP contribution < -0.4 is 21.7 Å². The van der Waals surface area contributed by atoms with Crippen molar-refractivity contribution in [2.24, 2.45) is 17.1 Å². The first-order valence-corrected chi connectivity index (χ1v) is 7.33. The second kappa shape index (κ2) is 6.16. The number of morpholine rings is 1. The van der Waals surface area contributed by atoms with Crippen molar-refractivity contribution in [3.8, 4) is 6.07 Å². The number of carbonyl (C=O) groups excluding carboxylic acids is 2. The van der Waals surface area contributed by atoms with Crippen LogP contribution >= 0.6 is 0 Å². The van der Waals surface area contributed by atoms with Gasteiger partial charge in [0.05, 0.1) is 18.8 Å². The van der Waals surface area contributed by atoms with Crippen molar-refractivity contribution in [2.75, 3.05) is 26.3 Å². The van der Waals surface area contributed by atoms with Crippen LogP contribution in [0.15, 0.2) is 11.4 Å². The van der Waals surface area contributed by atoms with E-state index in [0.29, 0.717) is 0 Å². The highest BCUT2D eigenvalue weighted by Crippen LogP contribution is 2.48. The standard InChI is InChI=1S/C10H12N4O3.C4H9NO/c1-4-9(2,17)14-8(16)10(4)5(3-11)6(12)13-7(10)15;1-3-6-4-2-5-1/h4,17H,12H2,1-2H3,(H,13,15)(H,14,16);5H,1-4H2. The van der Waals surface area contributed by atoms with E-state index in [2.05, 4.69) is 16.0 Å². The Morgan fingerprint density at radius 3 is 2.30 bits per heavy atom. The molecule has 3 unspecified atom stereocenters. The van der Waals surface area contributed by atoms with E-state index in [4.69, 9.17) is 15.7 Å². The molecule has 2 amide bonds. The number of nitrogens with one attached hydrogen (secondary N) is 3. The van der Waals surface area contributed by atoms with Crippen molar-refractivity contribution >= 4 is 11.8 Å². The maximum atomic E-state index is 12.0. The van der Waals surface area contributed by atoms with Gasteiger partial charge >= 0.3 is 0 Å². The molecule has 6 N–H and O–H groups in total. The summed E-state index contributed by atoms with van der Waals surface area (Å²) in [6.07, 6.45) is 0. The SMILES string of the molecule is C1COCCN1.CC1C(C)(O)NC(=O)C12C(=O)NC(N)=C2C#N. The number of hydrogen-bond donors (Lipinski definition) is 5. The van der Waals surface area contributed by atoms with Crippen LogP contribution in [0.2, 0.25) is 0 Å². The lowest BCUT2D eigenvalue weighted by atomic mass is 9.70. The Hall–Kier alpha value is -2.15. The van der Waals surface area contributed by atoms with E-state index < -0.39 is 28.9 Å². The van der Waals surface area contributed by atoms with Crippen LogP contribution in [-0.2, 0) is 14.3 Å². The van der Waals surface area contributed by atoms with E-state index >= 15 is 0 Å². The molecule has 9 heteroatoms. The summed E-state index contributed by atoms with van der Waals surface area (Å²) in [7, 11) is 0. The fraction of sp³-hybridized carbons (Fsp3) is 0.643. The first kappa shape index (κ1) is 17.2. The first-order valence-electron chi connectivity index (χ1n) is 7.33. The van der Waals surface area contributed by atoms with Crippen molar-refractivity contribution in [3.63, 3.8) is 0 Å². The van der Waals surface area contributed by atoms with Crippen LogP contribution in [0.25, 0.3) is 0 Å². The highest BCUT2D eigenvalue weighted by atomic mass is 16.5. The Bertz CT molecular complexity index is 579. The summed E-state index contributed by atoms with van der Waals surface area (Å²) < 4.78 is 5.01. The molecule has 2 fully saturated rings. The number of nitriles is 1. The Balaban J connectivity index is 0.000000268. The second-order valence-electron chi connectivity index (χ2n) is 5.85. The van der Waals surface area contributed by atoms with E-state index in [9.17, 15) is 14.7 Å². The maximum Gasteiger partial charge on any atom is 0.247 e. The van der Waals surface area contributed by atoms with Crippen molar-refractivity contribution in [1.29, 1.82) is 5.26 Å². The van der Waals surface area contributed by atoms with Gasteiger partial charge in [0.15, 0.2) is 5.41 Å². The van der Waals surface area contributed by atoms with Gasteiger partial charge in [0.1, 0.15) is 17.6 Å². The molecule has 23 heavy (non-hydrogen) atoms. The van der Waals surface area contributed by atoms with Gasteiger partial charge in [-0.1, -0.05) is 6.92 Å². The zero-order valence-electron chi connectivity index (χ0n) is 13.1. The normalized spacial score (nSPS) is 36.2. The smallest absolute Gasteiger partial charge is 0.247 e. The Labute approximate surface area is 133 Å². The molecule has 3 aliphatic heterocycles. The Morgan fingerprint density at radius 1 is 1.35 bits per heavy atom. The number of hydrogen-bond acceptors (Lipinski definition) is 7. The number of carbonyl (C=O) groups is 2. The molecule has 9 nitrogen and oxygen atoms in total. The van der Waals surface area contributed by atoms with Gasteiger partial charge < -0.3 is 31.5 Å². The van der Waals surface area contributed by atoms with Crippen molar-refractivity contribution in [2.45, 2.75) is 19.6 Å². The fourth-order valence-corrected chi connectivity index (χ4v) is 2.96. The predicted octanol–water partition coefficient (Wildman–Crippen LogP) is -2.12. The maximum absolute atomic E-state index is 12.0. The molecule has 3 aliphatic rings. The molecule has 2 saturated heterocycles. The predicted molar refractivity (Wildman–Crippen MR) is 79.0 cm³/mol. The fourth-order valence-electron chi connectivity index (χ4n) is 2.96. The molecule has 126 valence electrons. The van der Waals surface area contributed by atoms with E-state index in [1.807, 2.05) is 0 Å². The lowest BCUT2D eigenvalue weighted by Gasteiger charge is -2.27. The number of amides is 2. The van der Waals surface area contributed by atoms with E-state index in [1.165, 1.54) is 13.8 Å². The summed E-state index contributed by atoms with van der Waals surface area (Å²) in [6, 6.07) is 1.77. The molecule has 1 spiro atoms. The molecule has 0 radical (unpaired) electrons. The average molecular weight is 323 g/mol. The number of nitrogens with two attached hydrogens (primary N) is 1. The van der Waals surface area contributed by atoms with Crippen molar-refractivity contribution in [1.82, 2.24) is 16.0 Å². The lowest BCUT2D eigenvalue weighted by Crippen LogP contribution is -2.45. The average Bonchev–Trinajstić information content (AvgIpc) is 2.88. The molecule has 0 aromatic carbocycles. The van der Waals surface area contributed by atoms with Gasteiger partial charge in [-0.3, -0.25) is 9.59 Å². The summed E-state index contributed by atoms with van der Waals surface area (Å²) in [5, 5.41) is 26.8. The number of nitrogens with zero attached hydrogens (tertiary/aromatic N) is 1. The summed E-state index contributed by atoms with van der Waals surface area (Å²) in [5.41, 5.74) is 2.10. The van der Waals surface area contributed by atoms with Gasteiger partial charge in [-0.2, -0.15) is 5.26 Å². The zero-order valence-corrected chi connectivity index (χ0v) is 13.1. The van der Waals surface area contributed by atoms with Gasteiger partial charge in [0.2, 0.25) is 11.8 Å². The van der Waals surface area contributed by atoms with Crippen LogP contribution in [0.5, 0.6) is 0 Å². The van der Waals surface area contributed by atoms with Crippen LogP contribution in [0, 0.1) is 22.7 Å². The monoisotopic (exact) mass is 323 g/mol. The Morgan fingerprint density at radius 2 is 1.96 bits per heavy atom. The van der Waals surface area contributed by atoms with Crippen LogP contribution in [0.1, 0.15) is 13.8 Å². The molecular weight excluding hydrogens is 302 g/mol. The molecule has 0 aromatic heterocycles. The van der Waals surface area contributed by atoms with E-state index in [-0.39, 0.29) is 11.4 Å². The number of rotatable bonds is 0. The highest BCUT2D eigenvalue weighted by Gasteiger charge is 2.67. The molecular formula is C14H21N5O4. The highest BCUT2D eigenvalue weighted by molar-refractivity contribution is 6.13. The van der Waals surface area contributed by atoms with Gasteiger partial charge in [-0.25, -0.2) is 0 Å². The zero-order chi connectivity index (χ0) is 17.3.